The smallest absolute Gasteiger partial charge is 0.258 e. The Hall–Kier alpha value is -2.25. The van der Waals surface area contributed by atoms with Crippen LogP contribution in [0.15, 0.2) is 41.3 Å². The van der Waals surface area contributed by atoms with Crippen molar-refractivity contribution < 1.29 is 9.53 Å². The van der Waals surface area contributed by atoms with E-state index >= 15 is 0 Å². The van der Waals surface area contributed by atoms with Gasteiger partial charge in [0.05, 0.1) is 24.5 Å². The summed E-state index contributed by atoms with van der Waals surface area (Å²) in [6.45, 7) is 11.8. The van der Waals surface area contributed by atoms with Crippen molar-refractivity contribution in [3.8, 4) is 0 Å². The van der Waals surface area contributed by atoms with Crippen LogP contribution in [0.2, 0.25) is 0 Å². The Labute approximate surface area is 207 Å². The van der Waals surface area contributed by atoms with Crippen molar-refractivity contribution in [1.82, 2.24) is 4.98 Å². The summed E-state index contributed by atoms with van der Waals surface area (Å²) in [6, 6.07) is 12.1. The number of piperidine rings is 1. The molecule has 182 valence electrons. The number of thioether (sulfide) groups is 1. The molecule has 5 rings (SSSR count). The Kier molecular flexibility index (Phi) is 6.51. The number of nitrogens with one attached hydrogen (secondary N) is 1. The molecule has 3 fully saturated rings. The van der Waals surface area contributed by atoms with E-state index in [1.165, 1.54) is 30.6 Å². The van der Waals surface area contributed by atoms with Gasteiger partial charge in [0, 0.05) is 35.8 Å². The third kappa shape index (κ3) is 5.52. The normalized spacial score (nSPS) is 19.9. The molecule has 7 heteroatoms. The standard InChI is InChI=1S/C27H36N4O2S/c1-26(2,3)34-20-7-8-21(22(19-20)30-13-11-27(9-10-27)12-14-30)25(32)29-23-5-4-6-24(28-23)31-15-17-33-18-16-31/h4-8,19H,9-18H2,1-3H3,(H,28,29,32). The number of benzene rings is 1. The van der Waals surface area contributed by atoms with E-state index in [0.717, 1.165) is 43.2 Å². The number of morpholine rings is 1. The van der Waals surface area contributed by atoms with E-state index in [1.54, 1.807) is 0 Å². The number of anilines is 3. The molecule has 1 aromatic carbocycles. The maximum Gasteiger partial charge on any atom is 0.258 e. The lowest BCUT2D eigenvalue weighted by Gasteiger charge is -2.35. The van der Waals surface area contributed by atoms with Crippen molar-refractivity contribution in [3.63, 3.8) is 0 Å². The topological polar surface area (TPSA) is 57.7 Å². The molecule has 1 saturated carbocycles. The zero-order valence-electron chi connectivity index (χ0n) is 20.6. The highest BCUT2D eigenvalue weighted by Gasteiger charge is 2.44. The number of pyridine rings is 1. The first kappa shape index (κ1) is 23.5. The SMILES string of the molecule is CC(C)(C)Sc1ccc(C(=O)Nc2cccc(N3CCOCC3)n2)c(N2CCC3(CC2)CC3)c1. The van der Waals surface area contributed by atoms with Crippen molar-refractivity contribution in [2.45, 2.75) is 56.1 Å². The third-order valence-electron chi connectivity index (χ3n) is 7.07. The van der Waals surface area contributed by atoms with Crippen LogP contribution in [0.5, 0.6) is 0 Å². The van der Waals surface area contributed by atoms with Crippen molar-refractivity contribution in [3.05, 3.63) is 42.0 Å². The minimum absolute atomic E-state index is 0.0966. The van der Waals surface area contributed by atoms with E-state index in [2.05, 4.69) is 48.0 Å². The molecule has 2 aromatic rings. The van der Waals surface area contributed by atoms with E-state index in [-0.39, 0.29) is 10.7 Å². The van der Waals surface area contributed by atoms with Crippen molar-refractivity contribution in [2.24, 2.45) is 5.41 Å². The number of aromatic nitrogens is 1. The summed E-state index contributed by atoms with van der Waals surface area (Å²) in [7, 11) is 0. The maximum absolute atomic E-state index is 13.5. The molecular formula is C27H36N4O2S. The average Bonchev–Trinajstić information content (AvgIpc) is 3.58. The fourth-order valence-corrected chi connectivity index (χ4v) is 5.94. The van der Waals surface area contributed by atoms with Gasteiger partial charge in [0.25, 0.3) is 5.91 Å². The summed E-state index contributed by atoms with van der Waals surface area (Å²) in [5.74, 6) is 1.37. The largest absolute Gasteiger partial charge is 0.378 e. The molecule has 3 heterocycles. The Bertz CT molecular complexity index is 1030. The van der Waals surface area contributed by atoms with Crippen molar-refractivity contribution in [2.75, 3.05) is 54.5 Å². The van der Waals surface area contributed by atoms with E-state index < -0.39 is 0 Å². The van der Waals surface area contributed by atoms with Crippen LogP contribution in [0.3, 0.4) is 0 Å². The first-order valence-electron chi connectivity index (χ1n) is 12.5. The van der Waals surface area contributed by atoms with Crippen LogP contribution in [0, 0.1) is 5.41 Å². The van der Waals surface area contributed by atoms with E-state index in [0.29, 0.717) is 24.4 Å². The van der Waals surface area contributed by atoms with Crippen LogP contribution in [-0.4, -0.2) is 55.0 Å². The fourth-order valence-electron chi connectivity index (χ4n) is 4.93. The van der Waals surface area contributed by atoms with Gasteiger partial charge in [0.15, 0.2) is 0 Å². The summed E-state index contributed by atoms with van der Waals surface area (Å²) in [5, 5.41) is 3.07. The predicted molar refractivity (Wildman–Crippen MR) is 140 cm³/mol. The highest BCUT2D eigenvalue weighted by atomic mass is 32.2. The van der Waals surface area contributed by atoms with Crippen LogP contribution >= 0.6 is 11.8 Å². The highest BCUT2D eigenvalue weighted by Crippen LogP contribution is 2.54. The fraction of sp³-hybridized carbons (Fsp3) is 0.556. The average molecular weight is 481 g/mol. The first-order chi connectivity index (χ1) is 16.3. The van der Waals surface area contributed by atoms with Gasteiger partial charge in [-0.05, 0) is 61.4 Å². The third-order valence-corrected chi connectivity index (χ3v) is 8.17. The molecule has 1 spiro atoms. The molecule has 1 aliphatic carbocycles. The number of amides is 1. The second kappa shape index (κ2) is 9.42. The zero-order valence-corrected chi connectivity index (χ0v) is 21.4. The number of nitrogens with zero attached hydrogens (tertiary/aromatic N) is 3. The van der Waals surface area contributed by atoms with Gasteiger partial charge >= 0.3 is 0 Å². The van der Waals surface area contributed by atoms with Crippen LogP contribution in [0.25, 0.3) is 0 Å². The number of hydrogen-bond acceptors (Lipinski definition) is 6. The predicted octanol–water partition coefficient (Wildman–Crippen LogP) is 5.44. The molecule has 0 radical (unpaired) electrons. The molecule has 3 aliphatic rings. The Morgan fingerprint density at radius 3 is 2.41 bits per heavy atom. The van der Waals surface area contributed by atoms with Gasteiger partial charge in [-0.3, -0.25) is 4.79 Å². The minimum atomic E-state index is -0.0966. The first-order valence-corrected chi connectivity index (χ1v) is 13.3. The van der Waals surface area contributed by atoms with Gasteiger partial charge in [0.2, 0.25) is 0 Å². The monoisotopic (exact) mass is 480 g/mol. The number of hydrogen-bond donors (Lipinski definition) is 1. The molecule has 2 saturated heterocycles. The van der Waals surface area contributed by atoms with Crippen molar-refractivity contribution >= 4 is 35.0 Å². The van der Waals surface area contributed by atoms with Gasteiger partial charge in [-0.25, -0.2) is 4.98 Å². The molecule has 0 unspecified atom stereocenters. The van der Waals surface area contributed by atoms with Gasteiger partial charge in [-0.1, -0.05) is 26.8 Å². The molecule has 1 aromatic heterocycles. The van der Waals surface area contributed by atoms with Gasteiger partial charge in [0.1, 0.15) is 11.6 Å². The van der Waals surface area contributed by atoms with Gasteiger partial charge in [-0.2, -0.15) is 0 Å². The zero-order chi connectivity index (χ0) is 23.8. The number of ether oxygens (including phenoxy) is 1. The van der Waals surface area contributed by atoms with Crippen LogP contribution in [0.1, 0.15) is 56.8 Å². The Morgan fingerprint density at radius 2 is 1.74 bits per heavy atom. The lowest BCUT2D eigenvalue weighted by Crippen LogP contribution is -2.37. The summed E-state index contributed by atoms with van der Waals surface area (Å²) in [4.78, 5) is 24.0. The van der Waals surface area contributed by atoms with Gasteiger partial charge < -0.3 is 19.9 Å². The van der Waals surface area contributed by atoms with Crippen LogP contribution < -0.4 is 15.1 Å². The molecule has 6 nitrogen and oxygen atoms in total. The molecule has 0 atom stereocenters. The lowest BCUT2D eigenvalue weighted by atomic mass is 9.93. The van der Waals surface area contributed by atoms with E-state index in [9.17, 15) is 4.79 Å². The number of rotatable bonds is 5. The Morgan fingerprint density at radius 1 is 1.00 bits per heavy atom. The maximum atomic E-state index is 13.5. The molecule has 1 amide bonds. The number of carbonyl (C=O) groups is 1. The van der Waals surface area contributed by atoms with Gasteiger partial charge in [-0.15, -0.1) is 11.8 Å². The summed E-state index contributed by atoms with van der Waals surface area (Å²) >= 11 is 1.85. The highest BCUT2D eigenvalue weighted by molar-refractivity contribution is 8.00. The lowest BCUT2D eigenvalue weighted by molar-refractivity contribution is 0.102. The van der Waals surface area contributed by atoms with Crippen molar-refractivity contribution in [1.29, 1.82) is 0 Å². The summed E-state index contributed by atoms with van der Waals surface area (Å²) in [6.07, 6.45) is 5.21. The molecule has 34 heavy (non-hydrogen) atoms. The summed E-state index contributed by atoms with van der Waals surface area (Å²) in [5.41, 5.74) is 2.37. The Balaban J connectivity index is 1.37. The number of carbonyl (C=O) groups excluding carboxylic acids is 1. The molecular weight excluding hydrogens is 444 g/mol. The summed E-state index contributed by atoms with van der Waals surface area (Å²) < 4.78 is 5.57. The second-order valence-electron chi connectivity index (χ2n) is 10.8. The van der Waals surface area contributed by atoms with Crippen LogP contribution in [-0.2, 0) is 4.74 Å². The molecule has 0 bridgehead atoms. The van der Waals surface area contributed by atoms with Crippen LogP contribution in [0.4, 0.5) is 17.3 Å². The minimum Gasteiger partial charge on any atom is -0.378 e. The molecule has 1 N–H and O–H groups in total. The quantitative estimate of drug-likeness (QED) is 0.575. The molecule has 2 aliphatic heterocycles. The van der Waals surface area contributed by atoms with E-state index in [1.807, 2.05) is 36.0 Å². The second-order valence-corrected chi connectivity index (χ2v) is 12.7. The van der Waals surface area contributed by atoms with E-state index in [4.69, 9.17) is 9.72 Å².